The monoisotopic (exact) mass is 819 g/mol. The molecule has 5 aliphatic heterocycles. The van der Waals surface area contributed by atoms with Crippen molar-refractivity contribution >= 4 is 46.7 Å². The van der Waals surface area contributed by atoms with Crippen molar-refractivity contribution in [1.29, 1.82) is 5.26 Å². The van der Waals surface area contributed by atoms with Crippen molar-refractivity contribution in [3.8, 4) is 11.8 Å². The molecule has 14 nitrogen and oxygen atoms in total. The van der Waals surface area contributed by atoms with Gasteiger partial charge in [-0.05, 0) is 119 Å². The molecular weight excluding hydrogens is 770 g/mol. The number of fused-ring (bicyclic) bond motifs is 1. The van der Waals surface area contributed by atoms with Gasteiger partial charge >= 0.3 is 0 Å². The van der Waals surface area contributed by atoms with Crippen molar-refractivity contribution in [3.63, 3.8) is 0 Å². The van der Waals surface area contributed by atoms with Crippen molar-refractivity contribution in [2.45, 2.75) is 88.9 Å². The second-order valence-corrected chi connectivity index (χ2v) is 17.8. The minimum atomic E-state index is -0.955. The van der Waals surface area contributed by atoms with Crippen LogP contribution in [0.3, 0.4) is 0 Å². The molecule has 2 aromatic carbocycles. The maximum absolute atomic E-state index is 13.3. The molecule has 1 aromatic heterocycles. The van der Waals surface area contributed by atoms with Crippen LogP contribution in [0.15, 0.2) is 48.5 Å². The number of carbonyl (C=O) groups is 4. The molecule has 0 radical (unpaired) electrons. The Labute approximate surface area is 349 Å². The average Bonchev–Trinajstić information content (AvgIpc) is 3.48. The summed E-state index contributed by atoms with van der Waals surface area (Å²) >= 11 is 6.17. The Hall–Kier alpha value is -5.10. The minimum Gasteiger partial charge on any atom is -0.490 e. The van der Waals surface area contributed by atoms with Gasteiger partial charge in [-0.3, -0.25) is 29.4 Å². The fourth-order valence-electron chi connectivity index (χ4n) is 9.94. The molecule has 6 aliphatic rings. The summed E-state index contributed by atoms with van der Waals surface area (Å²) in [5.41, 5.74) is 3.26. The number of hydrogen-bond donors (Lipinski definition) is 2. The van der Waals surface area contributed by atoms with Crippen LogP contribution in [0.5, 0.6) is 5.75 Å². The summed E-state index contributed by atoms with van der Waals surface area (Å²) in [5, 5.41) is 24.6. The third kappa shape index (κ3) is 8.25. The van der Waals surface area contributed by atoms with Crippen molar-refractivity contribution < 1.29 is 23.9 Å². The quantitative estimate of drug-likeness (QED) is 0.272. The second-order valence-electron chi connectivity index (χ2n) is 17.4. The number of imide groups is 2. The van der Waals surface area contributed by atoms with E-state index in [9.17, 15) is 19.2 Å². The number of carbonyl (C=O) groups excluding carboxylic acids is 4. The Morgan fingerprint density at radius 2 is 1.61 bits per heavy atom. The molecule has 0 bridgehead atoms. The van der Waals surface area contributed by atoms with Crippen molar-refractivity contribution in [2.24, 2.45) is 11.3 Å². The third-order valence-corrected chi connectivity index (χ3v) is 13.8. The molecule has 4 amide bonds. The van der Waals surface area contributed by atoms with Crippen LogP contribution in [0.25, 0.3) is 0 Å². The van der Waals surface area contributed by atoms with Gasteiger partial charge < -0.3 is 24.8 Å². The molecule has 4 saturated heterocycles. The molecule has 1 unspecified atom stereocenters. The highest BCUT2D eigenvalue weighted by molar-refractivity contribution is 6.31. The van der Waals surface area contributed by atoms with E-state index >= 15 is 0 Å². The Balaban J connectivity index is 0.672. The molecule has 1 atom stereocenters. The van der Waals surface area contributed by atoms with Gasteiger partial charge in [-0.1, -0.05) is 11.6 Å². The molecule has 3 aromatic rings. The smallest absolute Gasteiger partial charge is 0.262 e. The van der Waals surface area contributed by atoms with E-state index in [1.807, 2.05) is 12.1 Å². The molecule has 59 heavy (non-hydrogen) atoms. The molecule has 5 fully saturated rings. The van der Waals surface area contributed by atoms with E-state index in [1.165, 1.54) is 0 Å². The largest absolute Gasteiger partial charge is 0.490 e. The van der Waals surface area contributed by atoms with E-state index in [0.717, 1.165) is 119 Å². The lowest BCUT2D eigenvalue weighted by molar-refractivity contribution is -0.136. The van der Waals surface area contributed by atoms with E-state index in [0.29, 0.717) is 46.0 Å². The molecule has 1 saturated carbocycles. The number of nitrogens with zero attached hydrogens (tertiary/aromatic N) is 7. The van der Waals surface area contributed by atoms with Crippen molar-refractivity contribution in [2.75, 3.05) is 55.6 Å². The highest BCUT2D eigenvalue weighted by Gasteiger charge is 2.47. The van der Waals surface area contributed by atoms with Gasteiger partial charge in [-0.2, -0.15) is 10.4 Å². The van der Waals surface area contributed by atoms with Gasteiger partial charge in [0.1, 0.15) is 17.9 Å². The summed E-state index contributed by atoms with van der Waals surface area (Å²) in [4.78, 5) is 58.9. The van der Waals surface area contributed by atoms with Crippen molar-refractivity contribution in [1.82, 2.24) is 30.6 Å². The number of likely N-dealkylation sites (tertiary alicyclic amines) is 1. The Bertz CT molecular complexity index is 2150. The van der Waals surface area contributed by atoms with Gasteiger partial charge in [0.05, 0.1) is 33.5 Å². The van der Waals surface area contributed by atoms with Gasteiger partial charge in [0.15, 0.2) is 5.82 Å². The number of benzene rings is 2. The summed E-state index contributed by atoms with van der Waals surface area (Å²) in [6.45, 7) is 7.85. The number of aromatic nitrogens is 2. The van der Waals surface area contributed by atoms with Crippen LogP contribution in [0.4, 0.5) is 11.5 Å². The van der Waals surface area contributed by atoms with Crippen LogP contribution in [0.2, 0.25) is 5.02 Å². The van der Waals surface area contributed by atoms with Gasteiger partial charge in [-0.25, -0.2) is 0 Å². The van der Waals surface area contributed by atoms with Gasteiger partial charge in [0, 0.05) is 68.9 Å². The molecule has 2 N–H and O–H groups in total. The summed E-state index contributed by atoms with van der Waals surface area (Å²) < 4.78 is 6.14. The standard InChI is InChI=1S/C44H50ClN9O5/c45-37-22-34(6-1-29(37)23-46)59-33-7-2-30(3-8-33)47-24-31-4-11-39(50-49-31)52-17-13-28(14-18-52)25-51-19-15-44(16-20-51)26-53(27-44)32-5-9-35-36(21-32)43(58)54(42(35)57)38-10-12-40(55)48-41(38)56/h1,4-6,9,11,21-22,28,30,33,38,47H,2-3,7-8,10,12-20,24-27H2,(H,48,55,56). The highest BCUT2D eigenvalue weighted by atomic mass is 35.5. The first kappa shape index (κ1) is 39.4. The third-order valence-electron chi connectivity index (χ3n) is 13.5. The number of hydrogen-bond acceptors (Lipinski definition) is 12. The van der Waals surface area contributed by atoms with E-state index in [2.05, 4.69) is 53.7 Å². The predicted octanol–water partition coefficient (Wildman–Crippen LogP) is 4.70. The SMILES string of the molecule is N#Cc1ccc(OC2CCC(NCc3ccc(N4CCC(CN5CCC6(CC5)CN(c5ccc7c(c5)C(=O)N(C5CCC(=O)NC5=O)C7=O)C6)CC4)nn3)CC2)cc1Cl. The molecule has 1 spiro atoms. The molecule has 6 heterocycles. The number of nitrogens with one attached hydrogen (secondary N) is 2. The Morgan fingerprint density at radius 3 is 2.31 bits per heavy atom. The van der Waals surface area contributed by atoms with Crippen LogP contribution in [0.1, 0.15) is 96.2 Å². The van der Waals surface area contributed by atoms with Gasteiger partial charge in [0.25, 0.3) is 11.8 Å². The second kappa shape index (κ2) is 16.5. The van der Waals surface area contributed by atoms with E-state index in [4.69, 9.17) is 21.6 Å². The normalized spacial score (nSPS) is 24.8. The highest BCUT2D eigenvalue weighted by Crippen LogP contribution is 2.44. The number of piperidine rings is 3. The van der Waals surface area contributed by atoms with Crippen LogP contribution < -0.4 is 25.2 Å². The number of ether oxygens (including phenoxy) is 1. The lowest BCUT2D eigenvalue weighted by atomic mass is 9.71. The summed E-state index contributed by atoms with van der Waals surface area (Å²) in [6.07, 6.45) is 8.94. The number of halogens is 1. The number of amides is 4. The summed E-state index contributed by atoms with van der Waals surface area (Å²) in [6, 6.07) is 16.4. The minimum absolute atomic E-state index is 0.105. The zero-order valence-corrected chi connectivity index (χ0v) is 34.0. The molecule has 308 valence electrons. The Morgan fingerprint density at radius 1 is 0.847 bits per heavy atom. The maximum Gasteiger partial charge on any atom is 0.262 e. The van der Waals surface area contributed by atoms with Crippen LogP contribution in [0, 0.1) is 22.7 Å². The maximum atomic E-state index is 13.3. The molecular formula is C44H50ClN9O5. The first-order valence-corrected chi connectivity index (χ1v) is 21.5. The number of anilines is 2. The van der Waals surface area contributed by atoms with E-state index in [1.54, 1.807) is 24.3 Å². The summed E-state index contributed by atoms with van der Waals surface area (Å²) in [7, 11) is 0. The van der Waals surface area contributed by atoms with Crippen molar-refractivity contribution in [3.05, 3.63) is 75.9 Å². The topological polar surface area (TPSA) is 164 Å². The summed E-state index contributed by atoms with van der Waals surface area (Å²) in [5.74, 6) is 0.432. The lowest BCUT2D eigenvalue weighted by Gasteiger charge is -2.55. The zero-order valence-electron chi connectivity index (χ0n) is 33.2. The van der Waals surface area contributed by atoms with E-state index in [-0.39, 0.29) is 30.3 Å². The van der Waals surface area contributed by atoms with Crippen LogP contribution >= 0.6 is 11.6 Å². The Kier molecular flexibility index (Phi) is 11.0. The zero-order chi connectivity index (χ0) is 40.7. The van der Waals surface area contributed by atoms with Gasteiger partial charge in [-0.15, -0.1) is 5.10 Å². The fourth-order valence-corrected chi connectivity index (χ4v) is 10.2. The molecule has 9 rings (SSSR count). The molecule has 15 heteroatoms. The predicted molar refractivity (Wildman–Crippen MR) is 220 cm³/mol. The first-order valence-electron chi connectivity index (χ1n) is 21.1. The fraction of sp³-hybridized carbons (Fsp3) is 0.523. The molecule has 1 aliphatic carbocycles. The van der Waals surface area contributed by atoms with E-state index < -0.39 is 23.8 Å². The first-order chi connectivity index (χ1) is 28.6. The van der Waals surface area contributed by atoms with Crippen LogP contribution in [-0.2, 0) is 16.1 Å². The van der Waals surface area contributed by atoms with Crippen LogP contribution in [-0.4, -0.2) is 108 Å². The number of rotatable bonds is 10. The van der Waals surface area contributed by atoms with Gasteiger partial charge in [0.2, 0.25) is 11.8 Å². The average molecular weight is 820 g/mol. The lowest BCUT2D eigenvalue weighted by Crippen LogP contribution is -2.60. The number of nitriles is 1.